The number of nitrogens with zero attached hydrogens (tertiary/aromatic N) is 1. The topological polar surface area (TPSA) is 66.8 Å². The third kappa shape index (κ3) is 3.40. The van der Waals surface area contributed by atoms with Crippen LogP contribution in [-0.4, -0.2) is 30.1 Å². The molecule has 1 unspecified atom stereocenters. The van der Waals surface area contributed by atoms with Gasteiger partial charge in [0.2, 0.25) is 0 Å². The summed E-state index contributed by atoms with van der Waals surface area (Å²) in [4.78, 5) is 25.2. The molecule has 0 fully saturated rings. The fourth-order valence-corrected chi connectivity index (χ4v) is 3.05. The molecule has 1 aliphatic rings. The zero-order chi connectivity index (χ0) is 17.1. The van der Waals surface area contributed by atoms with Crippen LogP contribution in [0.5, 0.6) is 5.75 Å². The van der Waals surface area contributed by atoms with Crippen LogP contribution in [-0.2, 0) is 9.59 Å². The van der Waals surface area contributed by atoms with E-state index in [1.54, 1.807) is 4.90 Å². The fraction of sp³-hybridized carbons (Fsp3) is 0.263. The smallest absolute Gasteiger partial charge is 0.304 e. The molecular weight excluding hydrogens is 306 g/mol. The van der Waals surface area contributed by atoms with Crippen molar-refractivity contribution in [3.63, 3.8) is 0 Å². The maximum Gasteiger partial charge on any atom is 0.304 e. The van der Waals surface area contributed by atoms with Crippen molar-refractivity contribution in [1.29, 1.82) is 0 Å². The van der Waals surface area contributed by atoms with Crippen molar-refractivity contribution in [3.05, 3.63) is 59.7 Å². The molecule has 2 aromatic carbocycles. The lowest BCUT2D eigenvalue weighted by atomic mass is 9.98. The third-order valence-electron chi connectivity index (χ3n) is 4.14. The van der Waals surface area contributed by atoms with Crippen LogP contribution < -0.4 is 9.64 Å². The molecule has 24 heavy (non-hydrogen) atoms. The number of carbonyl (C=O) groups is 2. The maximum absolute atomic E-state index is 12.6. The van der Waals surface area contributed by atoms with E-state index in [0.29, 0.717) is 12.3 Å². The van der Waals surface area contributed by atoms with E-state index < -0.39 is 5.97 Å². The lowest BCUT2D eigenvalue weighted by Crippen LogP contribution is -2.34. The van der Waals surface area contributed by atoms with Gasteiger partial charge in [0, 0.05) is 18.2 Å². The predicted octanol–water partition coefficient (Wildman–Crippen LogP) is 2.98. The quantitative estimate of drug-likeness (QED) is 0.918. The average Bonchev–Trinajstić information content (AvgIpc) is 2.91. The van der Waals surface area contributed by atoms with Gasteiger partial charge in [-0.1, -0.05) is 30.3 Å². The Morgan fingerprint density at radius 1 is 1.21 bits per heavy atom. The van der Waals surface area contributed by atoms with Gasteiger partial charge >= 0.3 is 5.97 Å². The van der Waals surface area contributed by atoms with Crippen molar-refractivity contribution in [2.24, 2.45) is 0 Å². The summed E-state index contributed by atoms with van der Waals surface area (Å²) in [5, 5.41) is 9.07. The first-order chi connectivity index (χ1) is 11.5. The van der Waals surface area contributed by atoms with Crippen LogP contribution in [0.2, 0.25) is 0 Å². The van der Waals surface area contributed by atoms with Gasteiger partial charge in [-0.05, 0) is 36.2 Å². The predicted molar refractivity (Wildman–Crippen MR) is 90.5 cm³/mol. The average molecular weight is 325 g/mol. The van der Waals surface area contributed by atoms with Crippen LogP contribution in [0.3, 0.4) is 0 Å². The molecular formula is C19H19NO4. The summed E-state index contributed by atoms with van der Waals surface area (Å²) in [7, 11) is 0. The first-order valence-electron chi connectivity index (χ1n) is 7.85. The van der Waals surface area contributed by atoms with Gasteiger partial charge in [-0.3, -0.25) is 9.59 Å². The Bertz CT molecular complexity index is 771. The maximum atomic E-state index is 12.6. The number of amides is 1. The second-order valence-electron chi connectivity index (χ2n) is 5.96. The minimum absolute atomic E-state index is 0.0134. The molecule has 0 saturated heterocycles. The number of rotatable bonds is 5. The summed E-state index contributed by atoms with van der Waals surface area (Å²) in [6.07, 6.45) is 0.0134. The molecule has 0 aromatic heterocycles. The highest BCUT2D eigenvalue weighted by molar-refractivity contribution is 5.97. The molecule has 0 saturated carbocycles. The fourth-order valence-electron chi connectivity index (χ4n) is 3.05. The summed E-state index contributed by atoms with van der Waals surface area (Å²) in [5.74, 6) is -0.559. The summed E-state index contributed by atoms with van der Waals surface area (Å²) in [6.45, 7) is 2.27. The van der Waals surface area contributed by atoms with Gasteiger partial charge in [-0.2, -0.15) is 0 Å². The number of benzene rings is 2. The van der Waals surface area contributed by atoms with Gasteiger partial charge in [0.05, 0.1) is 6.42 Å². The van der Waals surface area contributed by atoms with E-state index in [1.807, 2.05) is 55.5 Å². The van der Waals surface area contributed by atoms with Crippen molar-refractivity contribution >= 4 is 17.6 Å². The number of ether oxygens (including phenoxy) is 1. The van der Waals surface area contributed by atoms with Crippen LogP contribution >= 0.6 is 0 Å². The molecule has 1 aliphatic heterocycles. The van der Waals surface area contributed by atoms with E-state index in [1.165, 1.54) is 0 Å². The standard InChI is InChI=1S/C19H19NO4/c1-13-5-4-6-15(9-13)24-12-18(21)20-11-14(10-19(22)23)16-7-2-3-8-17(16)20/h2-9,14H,10-12H2,1H3,(H,22,23). The SMILES string of the molecule is Cc1cccc(OCC(=O)N2CC(CC(=O)O)c3ccccc32)c1. The van der Waals surface area contributed by atoms with Crippen LogP contribution in [0.25, 0.3) is 0 Å². The Balaban J connectivity index is 1.72. The van der Waals surface area contributed by atoms with Gasteiger partial charge in [0.1, 0.15) is 5.75 Å². The zero-order valence-corrected chi connectivity index (χ0v) is 13.4. The molecule has 3 rings (SSSR count). The van der Waals surface area contributed by atoms with Gasteiger partial charge in [-0.15, -0.1) is 0 Å². The molecule has 0 aliphatic carbocycles. The highest BCUT2D eigenvalue weighted by Crippen LogP contribution is 2.37. The monoisotopic (exact) mass is 325 g/mol. The second kappa shape index (κ2) is 6.74. The van der Waals surface area contributed by atoms with E-state index in [9.17, 15) is 9.59 Å². The normalized spacial score (nSPS) is 15.9. The zero-order valence-electron chi connectivity index (χ0n) is 13.4. The molecule has 5 heteroatoms. The first kappa shape index (κ1) is 16.1. The second-order valence-corrected chi connectivity index (χ2v) is 5.96. The molecule has 5 nitrogen and oxygen atoms in total. The number of aliphatic carboxylic acids is 1. The lowest BCUT2D eigenvalue weighted by Gasteiger charge is -2.18. The number of fused-ring (bicyclic) bond motifs is 1. The summed E-state index contributed by atoms with van der Waals surface area (Å²) < 4.78 is 5.58. The largest absolute Gasteiger partial charge is 0.484 e. The van der Waals surface area contributed by atoms with Gasteiger partial charge in [0.25, 0.3) is 5.91 Å². The Hall–Kier alpha value is -2.82. The number of para-hydroxylation sites is 1. The molecule has 124 valence electrons. The van der Waals surface area contributed by atoms with E-state index in [-0.39, 0.29) is 24.9 Å². The number of carboxylic acid groups (broad SMARTS) is 1. The third-order valence-corrected chi connectivity index (χ3v) is 4.14. The Labute approximate surface area is 140 Å². The van der Waals surface area contributed by atoms with Crippen molar-refractivity contribution in [3.8, 4) is 5.75 Å². The number of carboxylic acids is 1. The molecule has 1 amide bonds. The number of carbonyl (C=O) groups excluding carboxylic acids is 1. The molecule has 1 heterocycles. The number of anilines is 1. The van der Waals surface area contributed by atoms with Gasteiger partial charge in [0.15, 0.2) is 6.61 Å². The molecule has 0 bridgehead atoms. The van der Waals surface area contributed by atoms with Crippen molar-refractivity contribution in [2.75, 3.05) is 18.1 Å². The molecule has 0 spiro atoms. The summed E-state index contributed by atoms with van der Waals surface area (Å²) >= 11 is 0. The highest BCUT2D eigenvalue weighted by atomic mass is 16.5. The van der Waals surface area contributed by atoms with Gasteiger partial charge in [-0.25, -0.2) is 0 Å². The number of hydrogen-bond acceptors (Lipinski definition) is 3. The molecule has 2 aromatic rings. The van der Waals surface area contributed by atoms with Crippen LogP contribution in [0, 0.1) is 6.92 Å². The Morgan fingerprint density at radius 3 is 2.75 bits per heavy atom. The van der Waals surface area contributed by atoms with E-state index in [2.05, 4.69) is 0 Å². The van der Waals surface area contributed by atoms with E-state index >= 15 is 0 Å². The van der Waals surface area contributed by atoms with Crippen molar-refractivity contribution < 1.29 is 19.4 Å². The molecule has 0 radical (unpaired) electrons. The minimum Gasteiger partial charge on any atom is -0.484 e. The summed E-state index contributed by atoms with van der Waals surface area (Å²) in [5.41, 5.74) is 2.75. The Kier molecular flexibility index (Phi) is 4.51. The molecule has 1 N–H and O–H groups in total. The van der Waals surface area contributed by atoms with Crippen molar-refractivity contribution in [2.45, 2.75) is 19.3 Å². The Morgan fingerprint density at radius 2 is 2.00 bits per heavy atom. The van der Waals surface area contributed by atoms with Crippen molar-refractivity contribution in [1.82, 2.24) is 0 Å². The van der Waals surface area contributed by atoms with Gasteiger partial charge < -0.3 is 14.7 Å². The lowest BCUT2D eigenvalue weighted by molar-refractivity contribution is -0.137. The number of aryl methyl sites for hydroxylation is 1. The van der Waals surface area contributed by atoms with Crippen LogP contribution in [0.15, 0.2) is 48.5 Å². The summed E-state index contributed by atoms with van der Waals surface area (Å²) in [6, 6.07) is 15.0. The van der Waals surface area contributed by atoms with Crippen LogP contribution in [0.1, 0.15) is 23.5 Å². The minimum atomic E-state index is -0.861. The highest BCUT2D eigenvalue weighted by Gasteiger charge is 2.33. The van der Waals surface area contributed by atoms with E-state index in [0.717, 1.165) is 16.8 Å². The molecule has 1 atom stereocenters. The first-order valence-corrected chi connectivity index (χ1v) is 7.85. The van der Waals surface area contributed by atoms with E-state index in [4.69, 9.17) is 9.84 Å². The van der Waals surface area contributed by atoms with Crippen LogP contribution in [0.4, 0.5) is 5.69 Å². The number of hydrogen-bond donors (Lipinski definition) is 1.